The summed E-state index contributed by atoms with van der Waals surface area (Å²) in [4.78, 5) is 2.39. The van der Waals surface area contributed by atoms with Gasteiger partial charge in [-0.15, -0.1) is 0 Å². The van der Waals surface area contributed by atoms with Gasteiger partial charge >= 0.3 is 0 Å². The van der Waals surface area contributed by atoms with Gasteiger partial charge in [0.1, 0.15) is 6.07 Å². The number of hydrogen-bond donors (Lipinski definition) is 0. The van der Waals surface area contributed by atoms with Gasteiger partial charge in [0, 0.05) is 18.4 Å². The van der Waals surface area contributed by atoms with E-state index in [1.54, 1.807) is 0 Å². The van der Waals surface area contributed by atoms with Gasteiger partial charge < -0.3 is 4.90 Å². The lowest BCUT2D eigenvalue weighted by atomic mass is 9.74. The lowest BCUT2D eigenvalue weighted by Crippen LogP contribution is -2.40. The molecular formula is C17H23BrN2. The Morgan fingerprint density at radius 3 is 2.40 bits per heavy atom. The Hall–Kier alpha value is -1.01. The van der Waals surface area contributed by atoms with Crippen molar-refractivity contribution in [3.8, 4) is 6.07 Å². The molecule has 1 aromatic carbocycles. The number of hydrogen-bond acceptors (Lipinski definition) is 2. The molecule has 0 spiro atoms. The molecule has 20 heavy (non-hydrogen) atoms. The highest BCUT2D eigenvalue weighted by atomic mass is 79.9. The Morgan fingerprint density at radius 1 is 1.25 bits per heavy atom. The first kappa shape index (κ1) is 15.4. The largest absolute Gasteiger partial charge is 0.370 e. The average molecular weight is 335 g/mol. The highest BCUT2D eigenvalue weighted by Crippen LogP contribution is 2.39. The number of benzene rings is 1. The molecule has 0 radical (unpaired) electrons. The second kappa shape index (κ2) is 6.63. The maximum absolute atomic E-state index is 9.37. The molecule has 0 bridgehead atoms. The lowest BCUT2D eigenvalue weighted by molar-refractivity contribution is 0.199. The lowest BCUT2D eigenvalue weighted by Gasteiger charge is -2.42. The Morgan fingerprint density at radius 2 is 1.90 bits per heavy atom. The molecule has 2 nitrogen and oxygen atoms in total. The van der Waals surface area contributed by atoms with Crippen LogP contribution in [0.3, 0.4) is 0 Å². The summed E-state index contributed by atoms with van der Waals surface area (Å²) in [7, 11) is 0. The van der Waals surface area contributed by atoms with Crippen molar-refractivity contribution < 1.29 is 0 Å². The zero-order chi connectivity index (χ0) is 14.6. The summed E-state index contributed by atoms with van der Waals surface area (Å²) in [5.41, 5.74) is 3.61. The zero-order valence-electron chi connectivity index (χ0n) is 12.5. The van der Waals surface area contributed by atoms with E-state index in [-0.39, 0.29) is 0 Å². The van der Waals surface area contributed by atoms with E-state index in [0.717, 1.165) is 29.7 Å². The van der Waals surface area contributed by atoms with Crippen LogP contribution in [0.25, 0.3) is 0 Å². The molecule has 0 aliphatic carbocycles. The monoisotopic (exact) mass is 334 g/mol. The molecular weight excluding hydrogens is 312 g/mol. The van der Waals surface area contributed by atoms with Crippen molar-refractivity contribution in [1.29, 1.82) is 5.26 Å². The third kappa shape index (κ3) is 3.01. The van der Waals surface area contributed by atoms with Crippen LogP contribution in [0.1, 0.15) is 50.7 Å². The molecule has 1 aromatic rings. The van der Waals surface area contributed by atoms with Crippen molar-refractivity contribution in [2.45, 2.75) is 44.9 Å². The minimum Gasteiger partial charge on any atom is -0.370 e. The number of piperidine rings is 1. The second-order valence-electron chi connectivity index (χ2n) is 5.79. The van der Waals surface area contributed by atoms with Crippen molar-refractivity contribution in [3.63, 3.8) is 0 Å². The van der Waals surface area contributed by atoms with Crippen LogP contribution in [0.4, 0.5) is 5.69 Å². The van der Waals surface area contributed by atoms with Crippen molar-refractivity contribution in [3.05, 3.63) is 29.3 Å². The van der Waals surface area contributed by atoms with E-state index >= 15 is 0 Å². The maximum Gasteiger partial charge on any atom is 0.101 e. The number of anilines is 1. The van der Waals surface area contributed by atoms with E-state index in [1.165, 1.54) is 31.2 Å². The first-order valence-electron chi connectivity index (χ1n) is 7.52. The van der Waals surface area contributed by atoms with Crippen LogP contribution in [-0.4, -0.2) is 13.1 Å². The molecule has 1 aliphatic heterocycles. The Kier molecular flexibility index (Phi) is 5.10. The molecule has 0 N–H and O–H groups in total. The summed E-state index contributed by atoms with van der Waals surface area (Å²) in [5.74, 6) is 0. The zero-order valence-corrected chi connectivity index (χ0v) is 14.0. The molecule has 0 unspecified atom stereocenters. The van der Waals surface area contributed by atoms with E-state index < -0.39 is 0 Å². The van der Waals surface area contributed by atoms with Gasteiger partial charge in [-0.3, -0.25) is 0 Å². The van der Waals surface area contributed by atoms with Gasteiger partial charge in [0.2, 0.25) is 0 Å². The SMILES string of the molecule is CCC1(CC)CCN(c2ccc(CBr)cc2C#N)CC1. The van der Waals surface area contributed by atoms with Crippen LogP contribution in [0, 0.1) is 16.7 Å². The van der Waals surface area contributed by atoms with E-state index in [0.29, 0.717) is 5.41 Å². The number of nitrogens with zero attached hydrogens (tertiary/aromatic N) is 2. The number of alkyl halides is 1. The van der Waals surface area contributed by atoms with Crippen LogP contribution in [0.2, 0.25) is 0 Å². The summed E-state index contributed by atoms with van der Waals surface area (Å²) in [5, 5.41) is 10.2. The fourth-order valence-electron chi connectivity index (χ4n) is 3.21. The summed E-state index contributed by atoms with van der Waals surface area (Å²) in [6.45, 7) is 6.77. The van der Waals surface area contributed by atoms with Gasteiger partial charge in [0.05, 0.1) is 11.3 Å². The van der Waals surface area contributed by atoms with Crippen LogP contribution in [0.15, 0.2) is 18.2 Å². The van der Waals surface area contributed by atoms with Gasteiger partial charge in [-0.2, -0.15) is 5.26 Å². The molecule has 2 rings (SSSR count). The van der Waals surface area contributed by atoms with Crippen molar-refractivity contribution >= 4 is 21.6 Å². The average Bonchev–Trinajstić information content (AvgIpc) is 2.54. The molecule has 0 atom stereocenters. The predicted octanol–water partition coefficient (Wildman–Crippen LogP) is 4.86. The fourth-order valence-corrected chi connectivity index (χ4v) is 3.56. The molecule has 0 aromatic heterocycles. The highest BCUT2D eigenvalue weighted by Gasteiger charge is 2.31. The molecule has 1 aliphatic rings. The highest BCUT2D eigenvalue weighted by molar-refractivity contribution is 9.08. The van der Waals surface area contributed by atoms with Gasteiger partial charge in [-0.05, 0) is 36.0 Å². The van der Waals surface area contributed by atoms with E-state index in [2.05, 4.69) is 52.9 Å². The summed E-state index contributed by atoms with van der Waals surface area (Å²) < 4.78 is 0. The fraction of sp³-hybridized carbons (Fsp3) is 0.588. The topological polar surface area (TPSA) is 27.0 Å². The summed E-state index contributed by atoms with van der Waals surface area (Å²) >= 11 is 3.45. The van der Waals surface area contributed by atoms with E-state index in [4.69, 9.17) is 0 Å². The molecule has 1 fully saturated rings. The molecule has 1 saturated heterocycles. The Balaban J connectivity index is 2.17. The number of rotatable bonds is 4. The van der Waals surface area contributed by atoms with Gasteiger partial charge in [0.15, 0.2) is 0 Å². The van der Waals surface area contributed by atoms with Crippen LogP contribution >= 0.6 is 15.9 Å². The number of nitriles is 1. The smallest absolute Gasteiger partial charge is 0.101 e. The van der Waals surface area contributed by atoms with Crippen molar-refractivity contribution in [2.75, 3.05) is 18.0 Å². The summed E-state index contributed by atoms with van der Waals surface area (Å²) in [6, 6.07) is 8.59. The normalized spacial score (nSPS) is 17.8. The second-order valence-corrected chi connectivity index (χ2v) is 6.35. The van der Waals surface area contributed by atoms with E-state index in [9.17, 15) is 5.26 Å². The van der Waals surface area contributed by atoms with Crippen LogP contribution in [0.5, 0.6) is 0 Å². The predicted molar refractivity (Wildman–Crippen MR) is 88.3 cm³/mol. The first-order chi connectivity index (χ1) is 9.68. The molecule has 3 heteroatoms. The van der Waals surface area contributed by atoms with Crippen molar-refractivity contribution in [2.24, 2.45) is 5.41 Å². The van der Waals surface area contributed by atoms with Gasteiger partial charge in [-0.25, -0.2) is 0 Å². The van der Waals surface area contributed by atoms with Crippen LogP contribution < -0.4 is 4.90 Å². The Labute approximate surface area is 130 Å². The molecule has 1 heterocycles. The Bertz CT molecular complexity index is 490. The third-order valence-electron chi connectivity index (χ3n) is 5.00. The third-order valence-corrected chi connectivity index (χ3v) is 5.65. The maximum atomic E-state index is 9.37. The van der Waals surface area contributed by atoms with Gasteiger partial charge in [-0.1, -0.05) is 48.7 Å². The summed E-state index contributed by atoms with van der Waals surface area (Å²) in [6.07, 6.45) is 5.02. The molecule has 0 saturated carbocycles. The van der Waals surface area contributed by atoms with Crippen molar-refractivity contribution in [1.82, 2.24) is 0 Å². The molecule has 108 valence electrons. The quantitative estimate of drug-likeness (QED) is 0.735. The van der Waals surface area contributed by atoms with Crippen LogP contribution in [-0.2, 0) is 5.33 Å². The van der Waals surface area contributed by atoms with E-state index in [1.807, 2.05) is 6.07 Å². The standard InChI is InChI=1S/C17H23BrN2/c1-3-17(4-2)7-9-20(10-8-17)16-6-5-14(12-18)11-15(16)13-19/h5-6,11H,3-4,7-10,12H2,1-2H3. The minimum absolute atomic E-state index is 0.527. The van der Waals surface area contributed by atoms with Gasteiger partial charge in [0.25, 0.3) is 0 Å². The molecule has 0 amide bonds. The first-order valence-corrected chi connectivity index (χ1v) is 8.64. The minimum atomic E-state index is 0.527. The number of halogens is 1.